The van der Waals surface area contributed by atoms with E-state index in [1.165, 1.54) is 25.0 Å². The van der Waals surface area contributed by atoms with E-state index in [0.29, 0.717) is 19.2 Å². The summed E-state index contributed by atoms with van der Waals surface area (Å²) < 4.78 is 18.8. The average molecular weight is 235 g/mol. The normalized spacial score (nSPS) is 14.7. The molecule has 0 heterocycles. The fourth-order valence-corrected chi connectivity index (χ4v) is 1.57. The van der Waals surface area contributed by atoms with Gasteiger partial charge in [-0.2, -0.15) is 0 Å². The molecule has 0 unspecified atom stereocenters. The van der Waals surface area contributed by atoms with Crippen molar-refractivity contribution in [3.8, 4) is 5.75 Å². The van der Waals surface area contributed by atoms with E-state index in [1.54, 1.807) is 6.07 Å². The molecule has 1 aliphatic rings. The molecule has 1 aromatic carbocycles. The van der Waals surface area contributed by atoms with Gasteiger partial charge in [0.2, 0.25) is 0 Å². The zero-order valence-electron chi connectivity index (χ0n) is 10.1. The third-order valence-corrected chi connectivity index (χ3v) is 2.66. The molecule has 0 spiro atoms. The first-order valence-electron chi connectivity index (χ1n) is 5.94. The van der Waals surface area contributed by atoms with Gasteiger partial charge in [0.05, 0.1) is 0 Å². The molecule has 1 N–H and O–H groups in total. The van der Waals surface area contributed by atoms with Crippen molar-refractivity contribution in [1.82, 2.24) is 5.32 Å². The van der Waals surface area contributed by atoms with Gasteiger partial charge < -0.3 is 10.1 Å². The standard InChI is InChI=1S/C14H18FNO/c1-10(2)9-17-14-6-3-12(15)7-11(14)8-16-13-4-5-13/h3,6-7,13,16H,1,4-5,8-9H2,2H3. The second-order valence-electron chi connectivity index (χ2n) is 4.65. The smallest absolute Gasteiger partial charge is 0.124 e. The molecule has 3 heteroatoms. The summed E-state index contributed by atoms with van der Waals surface area (Å²) in [4.78, 5) is 0. The maximum Gasteiger partial charge on any atom is 0.124 e. The van der Waals surface area contributed by atoms with E-state index in [2.05, 4.69) is 11.9 Å². The zero-order valence-corrected chi connectivity index (χ0v) is 10.1. The van der Waals surface area contributed by atoms with Crippen LogP contribution in [0.1, 0.15) is 25.3 Å². The quantitative estimate of drug-likeness (QED) is 0.765. The summed E-state index contributed by atoms with van der Waals surface area (Å²) in [6.07, 6.45) is 2.44. The second kappa shape index (κ2) is 5.32. The molecule has 1 aliphatic carbocycles. The molecule has 0 saturated heterocycles. The minimum atomic E-state index is -0.222. The van der Waals surface area contributed by atoms with Gasteiger partial charge in [0.25, 0.3) is 0 Å². The van der Waals surface area contributed by atoms with Crippen LogP contribution in [0.5, 0.6) is 5.75 Å². The molecule has 0 bridgehead atoms. The van der Waals surface area contributed by atoms with Gasteiger partial charge in [0.15, 0.2) is 0 Å². The van der Waals surface area contributed by atoms with Crippen molar-refractivity contribution in [3.05, 3.63) is 41.7 Å². The minimum absolute atomic E-state index is 0.222. The van der Waals surface area contributed by atoms with E-state index in [0.717, 1.165) is 16.9 Å². The molecule has 1 fully saturated rings. The van der Waals surface area contributed by atoms with Gasteiger partial charge in [-0.05, 0) is 43.5 Å². The highest BCUT2D eigenvalue weighted by Crippen LogP contribution is 2.23. The maximum atomic E-state index is 13.2. The summed E-state index contributed by atoms with van der Waals surface area (Å²) >= 11 is 0. The van der Waals surface area contributed by atoms with Gasteiger partial charge in [-0.15, -0.1) is 0 Å². The molecular weight excluding hydrogens is 217 g/mol. The molecule has 0 amide bonds. The van der Waals surface area contributed by atoms with Crippen LogP contribution in [-0.4, -0.2) is 12.6 Å². The third kappa shape index (κ3) is 3.86. The topological polar surface area (TPSA) is 21.3 Å². The Bertz CT molecular complexity index is 413. The van der Waals surface area contributed by atoms with Gasteiger partial charge >= 0.3 is 0 Å². The van der Waals surface area contributed by atoms with Crippen molar-refractivity contribution < 1.29 is 9.13 Å². The Balaban J connectivity index is 2.02. The van der Waals surface area contributed by atoms with Crippen LogP contribution in [0, 0.1) is 5.82 Å². The lowest BCUT2D eigenvalue weighted by Gasteiger charge is -2.12. The fourth-order valence-electron chi connectivity index (χ4n) is 1.57. The number of rotatable bonds is 6. The summed E-state index contributed by atoms with van der Waals surface area (Å²) in [6, 6.07) is 5.24. The molecule has 1 aromatic rings. The highest BCUT2D eigenvalue weighted by atomic mass is 19.1. The van der Waals surface area contributed by atoms with Crippen LogP contribution in [0.3, 0.4) is 0 Å². The summed E-state index contributed by atoms with van der Waals surface area (Å²) in [5, 5.41) is 3.36. The van der Waals surface area contributed by atoms with Crippen LogP contribution < -0.4 is 10.1 Å². The Labute approximate surface area is 101 Å². The molecule has 0 aromatic heterocycles. The van der Waals surface area contributed by atoms with Crippen LogP contribution in [0.2, 0.25) is 0 Å². The number of nitrogens with one attached hydrogen (secondary N) is 1. The van der Waals surface area contributed by atoms with Gasteiger partial charge in [-0.25, -0.2) is 4.39 Å². The fraction of sp³-hybridized carbons (Fsp3) is 0.429. The van der Waals surface area contributed by atoms with Gasteiger partial charge in [0.1, 0.15) is 18.2 Å². The molecule has 0 radical (unpaired) electrons. The molecule has 2 nitrogen and oxygen atoms in total. The molecule has 2 rings (SSSR count). The Kier molecular flexibility index (Phi) is 3.79. The first kappa shape index (κ1) is 12.1. The SMILES string of the molecule is C=C(C)COc1ccc(F)cc1CNC1CC1. The summed E-state index contributed by atoms with van der Waals surface area (Å²) in [6.45, 7) is 6.83. The Morgan fingerprint density at radius 3 is 2.94 bits per heavy atom. The Morgan fingerprint density at radius 2 is 2.29 bits per heavy atom. The first-order chi connectivity index (χ1) is 8.15. The summed E-state index contributed by atoms with van der Waals surface area (Å²) in [5.74, 6) is 0.517. The lowest BCUT2D eigenvalue weighted by Crippen LogP contribution is -2.16. The number of hydrogen-bond donors (Lipinski definition) is 1. The van der Waals surface area contributed by atoms with Crippen molar-refractivity contribution in [1.29, 1.82) is 0 Å². The number of hydrogen-bond acceptors (Lipinski definition) is 2. The molecule has 92 valence electrons. The van der Waals surface area contributed by atoms with Crippen molar-refractivity contribution in [3.63, 3.8) is 0 Å². The minimum Gasteiger partial charge on any atom is -0.489 e. The van der Waals surface area contributed by atoms with Crippen LogP contribution in [0.15, 0.2) is 30.4 Å². The second-order valence-corrected chi connectivity index (χ2v) is 4.65. The Morgan fingerprint density at radius 1 is 1.53 bits per heavy atom. The Hall–Kier alpha value is -1.35. The van der Waals surface area contributed by atoms with Crippen LogP contribution in [0.25, 0.3) is 0 Å². The van der Waals surface area contributed by atoms with E-state index < -0.39 is 0 Å². The number of ether oxygens (including phenoxy) is 1. The predicted molar refractivity (Wildman–Crippen MR) is 66.6 cm³/mol. The van der Waals surface area contributed by atoms with E-state index in [9.17, 15) is 4.39 Å². The van der Waals surface area contributed by atoms with Crippen molar-refractivity contribution in [2.75, 3.05) is 6.61 Å². The third-order valence-electron chi connectivity index (χ3n) is 2.66. The largest absolute Gasteiger partial charge is 0.489 e. The van der Waals surface area contributed by atoms with Gasteiger partial charge in [-0.3, -0.25) is 0 Å². The maximum absolute atomic E-state index is 13.2. The highest BCUT2D eigenvalue weighted by Gasteiger charge is 2.20. The van der Waals surface area contributed by atoms with Crippen LogP contribution >= 0.6 is 0 Å². The average Bonchev–Trinajstić information content (AvgIpc) is 3.08. The van der Waals surface area contributed by atoms with E-state index in [1.807, 2.05) is 6.92 Å². The lowest BCUT2D eigenvalue weighted by atomic mass is 10.2. The van der Waals surface area contributed by atoms with Gasteiger partial charge in [-0.1, -0.05) is 6.58 Å². The van der Waals surface area contributed by atoms with E-state index in [4.69, 9.17) is 4.74 Å². The van der Waals surface area contributed by atoms with E-state index >= 15 is 0 Å². The van der Waals surface area contributed by atoms with Gasteiger partial charge in [0, 0.05) is 18.2 Å². The van der Waals surface area contributed by atoms with Crippen LogP contribution in [0.4, 0.5) is 4.39 Å². The number of halogens is 1. The van der Waals surface area contributed by atoms with Crippen molar-refractivity contribution in [2.24, 2.45) is 0 Å². The molecular formula is C14H18FNO. The van der Waals surface area contributed by atoms with Crippen molar-refractivity contribution >= 4 is 0 Å². The monoisotopic (exact) mass is 235 g/mol. The van der Waals surface area contributed by atoms with E-state index in [-0.39, 0.29) is 5.82 Å². The zero-order chi connectivity index (χ0) is 12.3. The predicted octanol–water partition coefficient (Wildman–Crippen LogP) is 3.03. The lowest BCUT2D eigenvalue weighted by molar-refractivity contribution is 0.346. The molecule has 0 aliphatic heterocycles. The highest BCUT2D eigenvalue weighted by molar-refractivity contribution is 5.34. The van der Waals surface area contributed by atoms with Crippen molar-refractivity contribution in [2.45, 2.75) is 32.4 Å². The van der Waals surface area contributed by atoms with Crippen LogP contribution in [-0.2, 0) is 6.54 Å². The summed E-state index contributed by atoms with van der Waals surface area (Å²) in [7, 11) is 0. The molecule has 17 heavy (non-hydrogen) atoms. The molecule has 0 atom stereocenters. The first-order valence-corrected chi connectivity index (χ1v) is 5.94. The summed E-state index contributed by atoms with van der Waals surface area (Å²) in [5.41, 5.74) is 1.83. The molecule has 1 saturated carbocycles. The number of benzene rings is 1.